The second-order valence-electron chi connectivity index (χ2n) is 3.81. The Morgan fingerprint density at radius 1 is 1.60 bits per heavy atom. The van der Waals surface area contributed by atoms with Gasteiger partial charge in [0.25, 0.3) is 0 Å². The fourth-order valence-corrected chi connectivity index (χ4v) is 2.78. The van der Waals surface area contributed by atoms with E-state index in [1.54, 1.807) is 11.3 Å². The van der Waals surface area contributed by atoms with Gasteiger partial charge in [-0.1, -0.05) is 13.8 Å². The molecule has 0 fully saturated rings. The van der Waals surface area contributed by atoms with E-state index in [2.05, 4.69) is 30.5 Å². The van der Waals surface area contributed by atoms with Crippen molar-refractivity contribution in [3.63, 3.8) is 0 Å². The van der Waals surface area contributed by atoms with Crippen molar-refractivity contribution in [1.29, 1.82) is 0 Å². The molecule has 0 aliphatic rings. The molecule has 86 valence electrons. The first-order valence-electron chi connectivity index (χ1n) is 5.38. The fraction of sp³-hybridized carbons (Fsp3) is 0.727. The van der Waals surface area contributed by atoms with E-state index >= 15 is 0 Å². The van der Waals surface area contributed by atoms with E-state index in [1.165, 1.54) is 5.01 Å². The molecule has 0 amide bonds. The monoisotopic (exact) mass is 244 g/mol. The number of aromatic nitrogens is 1. The van der Waals surface area contributed by atoms with E-state index in [9.17, 15) is 0 Å². The molecule has 0 aromatic carbocycles. The molecule has 2 N–H and O–H groups in total. The van der Waals surface area contributed by atoms with E-state index in [4.69, 9.17) is 5.73 Å². The van der Waals surface area contributed by atoms with Gasteiger partial charge in [0.2, 0.25) is 0 Å². The number of hydrogen-bond acceptors (Lipinski definition) is 4. The summed E-state index contributed by atoms with van der Waals surface area (Å²) in [5.74, 6) is 1.67. The van der Waals surface area contributed by atoms with Crippen LogP contribution in [0, 0.1) is 0 Å². The van der Waals surface area contributed by atoms with Gasteiger partial charge in [-0.25, -0.2) is 4.98 Å². The highest BCUT2D eigenvalue weighted by Gasteiger charge is 2.13. The van der Waals surface area contributed by atoms with Crippen LogP contribution in [0.2, 0.25) is 0 Å². The number of hydrogen-bond donors (Lipinski definition) is 1. The molecule has 0 saturated heterocycles. The lowest BCUT2D eigenvalue weighted by atomic mass is 10.1. The summed E-state index contributed by atoms with van der Waals surface area (Å²) in [6.45, 7) is 4.41. The Morgan fingerprint density at radius 3 is 2.93 bits per heavy atom. The highest BCUT2D eigenvalue weighted by Crippen LogP contribution is 2.25. The zero-order valence-electron chi connectivity index (χ0n) is 9.69. The van der Waals surface area contributed by atoms with Crippen molar-refractivity contribution in [2.75, 3.05) is 12.0 Å². The van der Waals surface area contributed by atoms with Crippen LogP contribution < -0.4 is 5.73 Å². The molecular weight excluding hydrogens is 224 g/mol. The molecule has 1 aromatic heterocycles. The summed E-state index contributed by atoms with van der Waals surface area (Å²) in [5, 5.41) is 3.35. The summed E-state index contributed by atoms with van der Waals surface area (Å²) < 4.78 is 0. The highest BCUT2D eigenvalue weighted by atomic mass is 32.2. The Bertz CT molecular complexity index is 286. The largest absolute Gasteiger partial charge is 0.323 e. The molecular formula is C11H20N2S2. The van der Waals surface area contributed by atoms with Crippen LogP contribution in [0.15, 0.2) is 5.38 Å². The molecule has 0 radical (unpaired) electrons. The van der Waals surface area contributed by atoms with E-state index in [-0.39, 0.29) is 6.04 Å². The molecule has 1 heterocycles. The maximum Gasteiger partial charge on any atom is 0.0957 e. The first-order valence-corrected chi connectivity index (χ1v) is 7.66. The molecule has 0 spiro atoms. The predicted molar refractivity (Wildman–Crippen MR) is 70.7 cm³/mol. The van der Waals surface area contributed by atoms with Gasteiger partial charge < -0.3 is 5.73 Å². The Hall–Kier alpha value is -0.0600. The van der Waals surface area contributed by atoms with Crippen LogP contribution in [-0.2, 0) is 0 Å². The zero-order valence-corrected chi connectivity index (χ0v) is 11.3. The molecule has 0 aliphatic heterocycles. The molecule has 0 aliphatic carbocycles. The van der Waals surface area contributed by atoms with Gasteiger partial charge in [0.15, 0.2) is 0 Å². The third-order valence-electron chi connectivity index (χ3n) is 2.59. The summed E-state index contributed by atoms with van der Waals surface area (Å²) in [4.78, 5) is 4.62. The van der Waals surface area contributed by atoms with Gasteiger partial charge in [0, 0.05) is 17.3 Å². The number of thioether (sulfide) groups is 1. The second-order valence-corrected chi connectivity index (χ2v) is 5.68. The van der Waals surface area contributed by atoms with Crippen LogP contribution in [0.5, 0.6) is 0 Å². The van der Waals surface area contributed by atoms with E-state index in [0.717, 1.165) is 24.3 Å². The lowest BCUT2D eigenvalue weighted by Gasteiger charge is -2.07. The number of nitrogens with two attached hydrogens (primary N) is 1. The molecule has 0 bridgehead atoms. The maximum absolute atomic E-state index is 6.07. The van der Waals surface area contributed by atoms with E-state index in [1.807, 2.05) is 11.8 Å². The maximum atomic E-state index is 6.07. The first-order chi connectivity index (χ1) is 7.19. The quantitative estimate of drug-likeness (QED) is 0.833. The molecule has 1 rings (SSSR count). The van der Waals surface area contributed by atoms with Gasteiger partial charge in [-0.3, -0.25) is 0 Å². The normalized spacial score (nSPS) is 15.2. The second kappa shape index (κ2) is 6.51. The summed E-state index contributed by atoms with van der Waals surface area (Å²) in [6.07, 6.45) is 4.27. The lowest BCUT2D eigenvalue weighted by Crippen LogP contribution is -2.11. The van der Waals surface area contributed by atoms with Gasteiger partial charge in [0.1, 0.15) is 0 Å². The SMILES string of the molecule is CCC(C)c1nc(C(N)CCSC)cs1. The average Bonchev–Trinajstić information content (AvgIpc) is 2.74. The fourth-order valence-electron chi connectivity index (χ4n) is 1.26. The van der Waals surface area contributed by atoms with Crippen LogP contribution in [0.1, 0.15) is 49.4 Å². The summed E-state index contributed by atoms with van der Waals surface area (Å²) in [5.41, 5.74) is 7.14. The standard InChI is InChI=1S/C11H20N2S2/c1-4-8(2)11-13-10(7-15-11)9(12)5-6-14-3/h7-9H,4-6,12H2,1-3H3. The summed E-state index contributed by atoms with van der Waals surface area (Å²) in [7, 11) is 0. The van der Waals surface area contributed by atoms with E-state index < -0.39 is 0 Å². The Kier molecular flexibility index (Phi) is 5.64. The van der Waals surface area contributed by atoms with Crippen LogP contribution in [-0.4, -0.2) is 17.0 Å². The Labute approximate surface area is 101 Å². The third-order valence-corrected chi connectivity index (χ3v) is 4.32. The lowest BCUT2D eigenvalue weighted by molar-refractivity contribution is 0.668. The summed E-state index contributed by atoms with van der Waals surface area (Å²) >= 11 is 3.58. The van der Waals surface area contributed by atoms with Crippen molar-refractivity contribution in [1.82, 2.24) is 4.98 Å². The average molecular weight is 244 g/mol. The minimum atomic E-state index is 0.117. The number of thiazole rings is 1. The van der Waals surface area contributed by atoms with Crippen LogP contribution in [0.3, 0.4) is 0 Å². The molecule has 2 atom stereocenters. The van der Waals surface area contributed by atoms with Crippen molar-refractivity contribution in [2.24, 2.45) is 5.73 Å². The minimum Gasteiger partial charge on any atom is -0.323 e. The minimum absolute atomic E-state index is 0.117. The van der Waals surface area contributed by atoms with Crippen LogP contribution in [0.4, 0.5) is 0 Å². The molecule has 1 aromatic rings. The highest BCUT2D eigenvalue weighted by molar-refractivity contribution is 7.98. The summed E-state index contributed by atoms with van der Waals surface area (Å²) in [6, 6.07) is 0.117. The van der Waals surface area contributed by atoms with Crippen molar-refractivity contribution in [2.45, 2.75) is 38.6 Å². The third kappa shape index (κ3) is 3.78. The molecule has 4 heteroatoms. The molecule has 2 nitrogen and oxygen atoms in total. The van der Waals surface area contributed by atoms with Crippen LogP contribution >= 0.6 is 23.1 Å². The van der Waals surface area contributed by atoms with Crippen LogP contribution in [0.25, 0.3) is 0 Å². The topological polar surface area (TPSA) is 38.9 Å². The van der Waals surface area contributed by atoms with E-state index in [0.29, 0.717) is 5.92 Å². The van der Waals surface area contributed by atoms with Gasteiger partial charge in [0.05, 0.1) is 10.7 Å². The van der Waals surface area contributed by atoms with Crippen molar-refractivity contribution in [3.05, 3.63) is 16.1 Å². The van der Waals surface area contributed by atoms with Crippen molar-refractivity contribution < 1.29 is 0 Å². The number of nitrogens with zero attached hydrogens (tertiary/aromatic N) is 1. The van der Waals surface area contributed by atoms with Gasteiger partial charge >= 0.3 is 0 Å². The van der Waals surface area contributed by atoms with Crippen molar-refractivity contribution >= 4 is 23.1 Å². The molecule has 0 saturated carbocycles. The van der Waals surface area contributed by atoms with Gasteiger partial charge in [-0.15, -0.1) is 11.3 Å². The number of rotatable bonds is 6. The molecule has 15 heavy (non-hydrogen) atoms. The van der Waals surface area contributed by atoms with Crippen molar-refractivity contribution in [3.8, 4) is 0 Å². The predicted octanol–water partition coefficient (Wildman–Crippen LogP) is 3.41. The molecule has 2 unspecified atom stereocenters. The smallest absolute Gasteiger partial charge is 0.0957 e. The Morgan fingerprint density at radius 2 is 2.33 bits per heavy atom. The van der Waals surface area contributed by atoms with Gasteiger partial charge in [-0.05, 0) is 24.9 Å². The Balaban J connectivity index is 2.58. The first kappa shape index (κ1) is 13.0. The zero-order chi connectivity index (χ0) is 11.3. The van der Waals surface area contributed by atoms with Gasteiger partial charge in [-0.2, -0.15) is 11.8 Å².